The largest absolute Gasteiger partial charge is 0.477 e. The van der Waals surface area contributed by atoms with Gasteiger partial charge in [-0.2, -0.15) is 0 Å². The Morgan fingerprint density at radius 2 is 2.00 bits per heavy atom. The number of carboxylic acid groups (broad SMARTS) is 1. The fourth-order valence-corrected chi connectivity index (χ4v) is 4.98. The number of hydrogen-bond acceptors (Lipinski definition) is 8. The van der Waals surface area contributed by atoms with Crippen LogP contribution < -0.4 is 16.0 Å². The number of aromatic nitrogens is 3. The van der Waals surface area contributed by atoms with Gasteiger partial charge in [0.2, 0.25) is 0 Å². The van der Waals surface area contributed by atoms with Gasteiger partial charge >= 0.3 is 12.0 Å². The molecule has 0 aliphatic heterocycles. The van der Waals surface area contributed by atoms with Crippen LogP contribution in [0.4, 0.5) is 25.8 Å². The van der Waals surface area contributed by atoms with Gasteiger partial charge in [-0.1, -0.05) is 12.1 Å². The smallest absolute Gasteiger partial charge is 0.346 e. The lowest BCUT2D eigenvalue weighted by molar-refractivity contribution is 0.0701. The van der Waals surface area contributed by atoms with Crippen molar-refractivity contribution in [3.63, 3.8) is 0 Å². The number of nitrogens with one attached hydrogen (secondary N) is 3. The zero-order valence-corrected chi connectivity index (χ0v) is 19.0. The van der Waals surface area contributed by atoms with Crippen LogP contribution in [0.25, 0.3) is 10.2 Å². The summed E-state index contributed by atoms with van der Waals surface area (Å²) in [4.78, 5) is 38.0. The number of anilines is 3. The minimum absolute atomic E-state index is 0.251. The molecule has 0 bridgehead atoms. The van der Waals surface area contributed by atoms with Crippen LogP contribution in [0, 0.1) is 6.92 Å². The molecule has 0 fully saturated rings. The first-order valence-corrected chi connectivity index (χ1v) is 11.5. The highest BCUT2D eigenvalue weighted by Gasteiger charge is 2.18. The highest BCUT2D eigenvalue weighted by Crippen LogP contribution is 2.33. The number of thiophene rings is 1. The lowest BCUT2D eigenvalue weighted by atomic mass is 10.2. The van der Waals surface area contributed by atoms with E-state index in [1.54, 1.807) is 37.4 Å². The molecule has 1 aromatic carbocycles. The standard InChI is InChI=1S/C21H19FN6O3S2/c1-11-15-17(25-10-26-18(15)33-16(11)19(29)30)23-6-5-14-9-24-21(32-14)28-20(31)27-13-4-2-3-12(7-13)8-22/h2-4,7,9-10H,5-6,8H2,1H3,(H,29,30)(H,23,25,26)(H2,24,27,28,31). The van der Waals surface area contributed by atoms with E-state index in [0.29, 0.717) is 50.9 Å². The number of aryl methyl sites for hydroxylation is 1. The summed E-state index contributed by atoms with van der Waals surface area (Å²) in [6, 6.07) is 6.09. The number of alkyl halides is 1. The van der Waals surface area contributed by atoms with Gasteiger partial charge in [0.25, 0.3) is 0 Å². The number of halogens is 1. The van der Waals surface area contributed by atoms with Gasteiger partial charge in [-0.25, -0.2) is 28.9 Å². The molecule has 0 radical (unpaired) electrons. The molecule has 0 atom stereocenters. The SMILES string of the molecule is Cc1c(C(=O)O)sc2ncnc(NCCc3cnc(NC(=O)Nc4cccc(CF)c4)s3)c12. The van der Waals surface area contributed by atoms with E-state index in [0.717, 1.165) is 16.2 Å². The second-order valence-electron chi connectivity index (χ2n) is 6.99. The van der Waals surface area contributed by atoms with Crippen LogP contribution in [0.2, 0.25) is 0 Å². The number of rotatable bonds is 8. The Balaban J connectivity index is 1.34. The Morgan fingerprint density at radius 1 is 1.15 bits per heavy atom. The Hall–Kier alpha value is -3.64. The highest BCUT2D eigenvalue weighted by molar-refractivity contribution is 7.20. The van der Waals surface area contributed by atoms with E-state index in [1.807, 2.05) is 0 Å². The van der Waals surface area contributed by atoms with Crippen molar-refractivity contribution in [3.8, 4) is 0 Å². The van der Waals surface area contributed by atoms with Crippen molar-refractivity contribution in [1.82, 2.24) is 15.0 Å². The van der Waals surface area contributed by atoms with E-state index in [4.69, 9.17) is 0 Å². The van der Waals surface area contributed by atoms with Crippen molar-refractivity contribution in [2.24, 2.45) is 0 Å². The summed E-state index contributed by atoms with van der Waals surface area (Å²) in [5.41, 5.74) is 1.61. The minimum Gasteiger partial charge on any atom is -0.477 e. The van der Waals surface area contributed by atoms with Gasteiger partial charge in [-0.15, -0.1) is 22.7 Å². The number of hydrogen-bond donors (Lipinski definition) is 4. The molecule has 0 aliphatic carbocycles. The molecule has 3 heterocycles. The zero-order chi connectivity index (χ0) is 23.4. The van der Waals surface area contributed by atoms with Crippen LogP contribution in [0.5, 0.6) is 0 Å². The predicted molar refractivity (Wildman–Crippen MR) is 127 cm³/mol. The van der Waals surface area contributed by atoms with Crippen molar-refractivity contribution < 1.29 is 19.1 Å². The molecular formula is C21H19FN6O3S2. The maximum atomic E-state index is 12.8. The molecule has 0 saturated heterocycles. The zero-order valence-electron chi connectivity index (χ0n) is 17.4. The average Bonchev–Trinajstić information content (AvgIpc) is 3.38. The molecule has 2 amide bonds. The summed E-state index contributed by atoms with van der Waals surface area (Å²) >= 11 is 2.46. The molecule has 0 unspecified atom stereocenters. The van der Waals surface area contributed by atoms with E-state index in [2.05, 4.69) is 30.9 Å². The second kappa shape index (κ2) is 9.88. The fourth-order valence-electron chi connectivity index (χ4n) is 3.19. The lowest BCUT2D eigenvalue weighted by Gasteiger charge is -2.06. The molecule has 3 aromatic heterocycles. The van der Waals surface area contributed by atoms with Gasteiger partial charge in [0, 0.05) is 29.7 Å². The van der Waals surface area contributed by atoms with Crippen LogP contribution in [-0.2, 0) is 13.1 Å². The van der Waals surface area contributed by atoms with Crippen molar-refractivity contribution in [3.05, 3.63) is 57.7 Å². The van der Waals surface area contributed by atoms with Crippen LogP contribution in [-0.4, -0.2) is 38.6 Å². The third-order valence-electron chi connectivity index (χ3n) is 4.70. The molecule has 4 N–H and O–H groups in total. The first-order chi connectivity index (χ1) is 15.9. The lowest BCUT2D eigenvalue weighted by Crippen LogP contribution is -2.19. The molecule has 9 nitrogen and oxygen atoms in total. The Bertz CT molecular complexity index is 1320. The first kappa shape index (κ1) is 22.6. The molecule has 4 aromatic rings. The Kier molecular flexibility index (Phi) is 6.75. The molecule has 0 spiro atoms. The van der Waals surface area contributed by atoms with Crippen molar-refractivity contribution in [2.45, 2.75) is 20.0 Å². The summed E-state index contributed by atoms with van der Waals surface area (Å²) in [7, 11) is 0. The quantitative estimate of drug-likeness (QED) is 0.278. The number of amides is 2. The van der Waals surface area contributed by atoms with E-state index < -0.39 is 18.7 Å². The highest BCUT2D eigenvalue weighted by atomic mass is 32.1. The number of fused-ring (bicyclic) bond motifs is 1. The van der Waals surface area contributed by atoms with E-state index in [1.165, 1.54) is 17.7 Å². The first-order valence-electron chi connectivity index (χ1n) is 9.83. The summed E-state index contributed by atoms with van der Waals surface area (Å²) in [6.07, 6.45) is 3.71. The molecular weight excluding hydrogens is 467 g/mol. The summed E-state index contributed by atoms with van der Waals surface area (Å²) < 4.78 is 12.8. The molecule has 170 valence electrons. The molecule has 0 aliphatic rings. The summed E-state index contributed by atoms with van der Waals surface area (Å²) in [6.45, 7) is 1.68. The summed E-state index contributed by atoms with van der Waals surface area (Å²) in [5.74, 6) is -0.399. The number of carbonyl (C=O) groups is 2. The minimum atomic E-state index is -0.981. The van der Waals surface area contributed by atoms with Crippen LogP contribution in [0.3, 0.4) is 0 Å². The fraction of sp³-hybridized carbons (Fsp3) is 0.190. The van der Waals surface area contributed by atoms with Gasteiger partial charge in [0.1, 0.15) is 28.5 Å². The number of aromatic carboxylic acids is 1. The Morgan fingerprint density at radius 3 is 2.79 bits per heavy atom. The molecule has 12 heteroatoms. The van der Waals surface area contributed by atoms with Crippen LogP contribution in [0.1, 0.15) is 25.7 Å². The van der Waals surface area contributed by atoms with Gasteiger partial charge in [-0.3, -0.25) is 5.32 Å². The predicted octanol–water partition coefficient (Wildman–Crippen LogP) is 4.92. The number of benzene rings is 1. The monoisotopic (exact) mass is 486 g/mol. The third kappa shape index (κ3) is 5.23. The van der Waals surface area contributed by atoms with Crippen molar-refractivity contribution >= 4 is 61.5 Å². The molecule has 0 saturated carbocycles. The van der Waals surface area contributed by atoms with E-state index >= 15 is 0 Å². The topological polar surface area (TPSA) is 129 Å². The van der Waals surface area contributed by atoms with Crippen LogP contribution >= 0.6 is 22.7 Å². The average molecular weight is 487 g/mol. The molecule has 33 heavy (non-hydrogen) atoms. The number of carbonyl (C=O) groups excluding carboxylic acids is 1. The Labute approximate surface area is 195 Å². The van der Waals surface area contributed by atoms with Gasteiger partial charge in [-0.05, 0) is 30.2 Å². The van der Waals surface area contributed by atoms with Crippen LogP contribution in [0.15, 0.2) is 36.8 Å². The third-order valence-corrected chi connectivity index (χ3v) is 6.86. The normalized spacial score (nSPS) is 10.8. The van der Waals surface area contributed by atoms with Gasteiger partial charge in [0.05, 0.1) is 5.39 Å². The second-order valence-corrected chi connectivity index (χ2v) is 9.10. The summed E-state index contributed by atoms with van der Waals surface area (Å²) in [5, 5.41) is 19.0. The maximum Gasteiger partial charge on any atom is 0.346 e. The molecule has 4 rings (SSSR count). The van der Waals surface area contributed by atoms with Gasteiger partial charge < -0.3 is 15.7 Å². The number of thiazole rings is 1. The number of nitrogens with zero attached hydrogens (tertiary/aromatic N) is 3. The van der Waals surface area contributed by atoms with E-state index in [-0.39, 0.29) is 4.88 Å². The van der Waals surface area contributed by atoms with Crippen molar-refractivity contribution in [2.75, 3.05) is 22.5 Å². The number of urea groups is 1. The van der Waals surface area contributed by atoms with Gasteiger partial charge in [0.15, 0.2) is 5.13 Å². The van der Waals surface area contributed by atoms with E-state index in [9.17, 15) is 19.1 Å². The maximum absolute atomic E-state index is 12.8. The number of carboxylic acids is 1. The van der Waals surface area contributed by atoms with Crippen molar-refractivity contribution in [1.29, 1.82) is 0 Å².